The molecule has 1 aromatic carbocycles. The van der Waals surface area contributed by atoms with Crippen molar-refractivity contribution in [1.82, 2.24) is 10.5 Å². The molecule has 92 valence electrons. The van der Waals surface area contributed by atoms with Crippen LogP contribution in [-0.2, 0) is 0 Å². The van der Waals surface area contributed by atoms with Crippen LogP contribution in [0.4, 0.5) is 0 Å². The lowest BCUT2D eigenvalue weighted by atomic mass is 10.1. The van der Waals surface area contributed by atoms with Crippen molar-refractivity contribution in [2.45, 2.75) is 6.42 Å². The maximum atomic E-state index is 11.7. The number of hydrogen-bond donors (Lipinski definition) is 1. The van der Waals surface area contributed by atoms with Gasteiger partial charge in [0.25, 0.3) is 5.91 Å². The Balaban J connectivity index is 2.06. The van der Waals surface area contributed by atoms with E-state index >= 15 is 0 Å². The van der Waals surface area contributed by atoms with Crippen molar-refractivity contribution in [3.63, 3.8) is 0 Å². The average Bonchev–Trinajstić information content (AvgIpc) is 2.89. The third-order valence-corrected chi connectivity index (χ3v) is 2.44. The van der Waals surface area contributed by atoms with Crippen LogP contribution in [-0.4, -0.2) is 17.6 Å². The number of carbonyl (C=O) groups excluding carboxylic acids is 1. The molecule has 0 fully saturated rings. The van der Waals surface area contributed by atoms with Crippen LogP contribution in [0.15, 0.2) is 53.6 Å². The molecule has 2 rings (SSSR count). The van der Waals surface area contributed by atoms with Gasteiger partial charge in [-0.1, -0.05) is 41.6 Å². The van der Waals surface area contributed by atoms with E-state index in [0.717, 1.165) is 12.0 Å². The molecule has 0 aliphatic carbocycles. The number of carbonyl (C=O) groups is 1. The normalized spacial score (nSPS) is 10.0. The Labute approximate surface area is 105 Å². The zero-order valence-corrected chi connectivity index (χ0v) is 9.93. The second-order valence-electron chi connectivity index (χ2n) is 3.78. The molecule has 1 heterocycles. The minimum absolute atomic E-state index is 0.234. The van der Waals surface area contributed by atoms with E-state index in [9.17, 15) is 4.79 Å². The summed E-state index contributed by atoms with van der Waals surface area (Å²) in [5, 5.41) is 6.49. The zero-order valence-electron chi connectivity index (χ0n) is 9.93. The molecule has 0 unspecified atom stereocenters. The van der Waals surface area contributed by atoms with Crippen molar-refractivity contribution in [2.24, 2.45) is 0 Å². The molecule has 1 N–H and O–H groups in total. The van der Waals surface area contributed by atoms with E-state index in [1.807, 2.05) is 30.3 Å². The van der Waals surface area contributed by atoms with Crippen molar-refractivity contribution in [1.29, 1.82) is 0 Å². The molecule has 2 aromatic rings. The molecule has 0 atom stereocenters. The van der Waals surface area contributed by atoms with E-state index in [1.54, 1.807) is 12.1 Å². The number of amides is 1. The van der Waals surface area contributed by atoms with Gasteiger partial charge in [-0.05, 0) is 6.42 Å². The maximum Gasteiger partial charge on any atom is 0.273 e. The van der Waals surface area contributed by atoms with Crippen LogP contribution < -0.4 is 5.32 Å². The Bertz CT molecular complexity index is 532. The number of hydrogen-bond acceptors (Lipinski definition) is 3. The highest BCUT2D eigenvalue weighted by Gasteiger charge is 2.12. The summed E-state index contributed by atoms with van der Waals surface area (Å²) in [4.78, 5) is 11.7. The van der Waals surface area contributed by atoms with Crippen LogP contribution in [0.25, 0.3) is 11.3 Å². The third-order valence-electron chi connectivity index (χ3n) is 2.44. The average molecular weight is 242 g/mol. The summed E-state index contributed by atoms with van der Waals surface area (Å²) < 4.78 is 5.15. The van der Waals surface area contributed by atoms with Gasteiger partial charge in [0, 0.05) is 18.2 Å². The molecule has 0 aliphatic heterocycles. The second kappa shape index (κ2) is 5.82. The van der Waals surface area contributed by atoms with Crippen molar-refractivity contribution in [3.8, 4) is 11.3 Å². The molecule has 18 heavy (non-hydrogen) atoms. The topological polar surface area (TPSA) is 55.1 Å². The molecule has 1 amide bonds. The summed E-state index contributed by atoms with van der Waals surface area (Å²) in [6.45, 7) is 4.14. The number of nitrogens with zero attached hydrogens (tertiary/aromatic N) is 1. The van der Waals surface area contributed by atoms with Crippen LogP contribution in [0.1, 0.15) is 16.9 Å². The van der Waals surface area contributed by atoms with Gasteiger partial charge in [-0.25, -0.2) is 0 Å². The highest BCUT2D eigenvalue weighted by atomic mass is 16.5. The Morgan fingerprint density at radius 1 is 1.39 bits per heavy atom. The first-order chi connectivity index (χ1) is 8.81. The zero-order chi connectivity index (χ0) is 12.8. The smallest absolute Gasteiger partial charge is 0.273 e. The van der Waals surface area contributed by atoms with E-state index in [4.69, 9.17) is 4.52 Å². The van der Waals surface area contributed by atoms with Gasteiger partial charge in [0.15, 0.2) is 11.5 Å². The van der Waals surface area contributed by atoms with E-state index in [0.29, 0.717) is 12.3 Å². The van der Waals surface area contributed by atoms with Gasteiger partial charge in [-0.2, -0.15) is 0 Å². The summed E-state index contributed by atoms with van der Waals surface area (Å²) in [5.41, 5.74) is 1.19. The lowest BCUT2D eigenvalue weighted by Crippen LogP contribution is -2.24. The molecule has 0 saturated heterocycles. The molecule has 0 aliphatic rings. The standard InChI is InChI=1S/C14H14N2O2/c1-2-3-9-15-14(17)12-10-13(18-16-12)11-7-5-4-6-8-11/h2,4-8,10H,1,3,9H2,(H,15,17). The predicted molar refractivity (Wildman–Crippen MR) is 69.1 cm³/mol. The third kappa shape index (κ3) is 2.85. The Hall–Kier alpha value is -2.36. The highest BCUT2D eigenvalue weighted by Crippen LogP contribution is 2.19. The van der Waals surface area contributed by atoms with E-state index in [1.165, 1.54) is 0 Å². The first-order valence-corrected chi connectivity index (χ1v) is 5.72. The Morgan fingerprint density at radius 3 is 2.89 bits per heavy atom. The first-order valence-electron chi connectivity index (χ1n) is 5.72. The highest BCUT2D eigenvalue weighted by molar-refractivity contribution is 5.93. The maximum absolute atomic E-state index is 11.7. The fourth-order valence-corrected chi connectivity index (χ4v) is 1.50. The second-order valence-corrected chi connectivity index (χ2v) is 3.78. The van der Waals surface area contributed by atoms with Crippen LogP contribution in [0.3, 0.4) is 0 Å². The lowest BCUT2D eigenvalue weighted by Gasteiger charge is -1.98. The van der Waals surface area contributed by atoms with Gasteiger partial charge in [0.05, 0.1) is 0 Å². The van der Waals surface area contributed by atoms with Crippen LogP contribution in [0, 0.1) is 0 Å². The Morgan fingerprint density at radius 2 is 2.17 bits per heavy atom. The minimum atomic E-state index is -0.234. The van der Waals surface area contributed by atoms with Crippen molar-refractivity contribution in [3.05, 3.63) is 54.7 Å². The summed E-state index contributed by atoms with van der Waals surface area (Å²) in [6, 6.07) is 11.2. The van der Waals surface area contributed by atoms with Gasteiger partial charge in [0.1, 0.15) is 0 Å². The molecular weight excluding hydrogens is 228 g/mol. The van der Waals surface area contributed by atoms with Crippen LogP contribution in [0.5, 0.6) is 0 Å². The van der Waals surface area contributed by atoms with Gasteiger partial charge in [-0.3, -0.25) is 4.79 Å². The van der Waals surface area contributed by atoms with Gasteiger partial charge >= 0.3 is 0 Å². The predicted octanol–water partition coefficient (Wildman–Crippen LogP) is 2.65. The fraction of sp³-hybridized carbons (Fsp3) is 0.143. The summed E-state index contributed by atoms with van der Waals surface area (Å²) >= 11 is 0. The largest absolute Gasteiger partial charge is 0.355 e. The molecule has 1 aromatic heterocycles. The molecule has 4 nitrogen and oxygen atoms in total. The van der Waals surface area contributed by atoms with Gasteiger partial charge < -0.3 is 9.84 Å². The van der Waals surface area contributed by atoms with E-state index in [-0.39, 0.29) is 11.6 Å². The SMILES string of the molecule is C=CCCNC(=O)c1cc(-c2ccccc2)on1. The Kier molecular flexibility index (Phi) is 3.91. The summed E-state index contributed by atoms with van der Waals surface area (Å²) in [6.07, 6.45) is 2.48. The quantitative estimate of drug-likeness (QED) is 0.647. The van der Waals surface area contributed by atoms with E-state index in [2.05, 4.69) is 17.1 Å². The van der Waals surface area contributed by atoms with E-state index < -0.39 is 0 Å². The van der Waals surface area contributed by atoms with Crippen molar-refractivity contribution >= 4 is 5.91 Å². The molecular formula is C14H14N2O2. The fourth-order valence-electron chi connectivity index (χ4n) is 1.50. The van der Waals surface area contributed by atoms with Gasteiger partial charge in [0.2, 0.25) is 0 Å². The molecule has 0 saturated carbocycles. The summed E-state index contributed by atoms with van der Waals surface area (Å²) in [7, 11) is 0. The minimum Gasteiger partial charge on any atom is -0.355 e. The number of benzene rings is 1. The number of aromatic nitrogens is 1. The lowest BCUT2D eigenvalue weighted by molar-refractivity contribution is 0.0945. The number of nitrogens with one attached hydrogen (secondary N) is 1. The van der Waals surface area contributed by atoms with Crippen molar-refractivity contribution in [2.75, 3.05) is 6.54 Å². The molecule has 0 bridgehead atoms. The molecule has 4 heteroatoms. The molecule has 0 radical (unpaired) electrons. The summed E-state index contributed by atoms with van der Waals surface area (Å²) in [5.74, 6) is 0.354. The van der Waals surface area contributed by atoms with Crippen LogP contribution in [0.2, 0.25) is 0 Å². The van der Waals surface area contributed by atoms with Crippen LogP contribution >= 0.6 is 0 Å². The monoisotopic (exact) mass is 242 g/mol. The van der Waals surface area contributed by atoms with Crippen molar-refractivity contribution < 1.29 is 9.32 Å². The molecule has 0 spiro atoms. The number of rotatable bonds is 5. The first kappa shape index (κ1) is 12.1. The van der Waals surface area contributed by atoms with Gasteiger partial charge in [-0.15, -0.1) is 6.58 Å².